The van der Waals surface area contributed by atoms with Crippen LogP contribution in [0.2, 0.25) is 0 Å². The number of benzene rings is 1. The highest BCUT2D eigenvalue weighted by atomic mass is 16.3. The molecule has 1 aliphatic rings. The van der Waals surface area contributed by atoms with Gasteiger partial charge in [-0.2, -0.15) is 0 Å². The van der Waals surface area contributed by atoms with Crippen molar-refractivity contribution in [2.75, 3.05) is 11.4 Å². The minimum Gasteiger partial charge on any atom is -0.443 e. The Kier molecular flexibility index (Phi) is 5.06. The maximum absolute atomic E-state index is 12.4. The largest absolute Gasteiger partial charge is 0.443 e. The Morgan fingerprint density at radius 3 is 2.81 bits per heavy atom. The molecule has 0 bridgehead atoms. The lowest BCUT2D eigenvalue weighted by Crippen LogP contribution is -2.37. The lowest BCUT2D eigenvalue weighted by atomic mass is 10.1. The number of amides is 2. The van der Waals surface area contributed by atoms with Crippen LogP contribution in [0.15, 0.2) is 40.8 Å². The zero-order valence-corrected chi connectivity index (χ0v) is 15.6. The van der Waals surface area contributed by atoms with Gasteiger partial charge < -0.3 is 19.7 Å². The average Bonchev–Trinajstić information content (AvgIpc) is 3.19. The first-order valence-electron chi connectivity index (χ1n) is 8.74. The van der Waals surface area contributed by atoms with Crippen LogP contribution in [0.1, 0.15) is 42.1 Å². The summed E-state index contributed by atoms with van der Waals surface area (Å²) in [6, 6.07) is 10.5. The first kappa shape index (κ1) is 18.7. The number of hydrogen-bond donors (Lipinski definition) is 2. The number of furan rings is 1. The molecule has 140 valence electrons. The third kappa shape index (κ3) is 4.78. The zero-order chi connectivity index (χ0) is 19.6. The van der Waals surface area contributed by atoms with Gasteiger partial charge in [-0.1, -0.05) is 18.1 Å². The Morgan fingerprint density at radius 2 is 2.11 bits per heavy atom. The van der Waals surface area contributed by atoms with E-state index in [0.29, 0.717) is 12.3 Å². The molecule has 0 aliphatic carbocycles. The van der Waals surface area contributed by atoms with Crippen LogP contribution in [-0.2, 0) is 4.79 Å². The standard InChI is InChI=1S/C21H22N2O4/c1-14-5-4-6-16(11-14)23-13-15(12-19(23)24)22-20(25)18-8-7-17(27-18)9-10-21(2,3)26/h4-8,11,15,26H,12-13H2,1-3H3,(H,22,25). The molecule has 1 aromatic heterocycles. The van der Waals surface area contributed by atoms with E-state index in [0.717, 1.165) is 11.3 Å². The van der Waals surface area contributed by atoms with E-state index in [2.05, 4.69) is 17.2 Å². The summed E-state index contributed by atoms with van der Waals surface area (Å²) < 4.78 is 5.41. The summed E-state index contributed by atoms with van der Waals surface area (Å²) in [7, 11) is 0. The molecule has 6 nitrogen and oxygen atoms in total. The number of carbonyl (C=O) groups is 2. The van der Waals surface area contributed by atoms with Crippen LogP contribution in [-0.4, -0.2) is 35.1 Å². The number of nitrogens with zero attached hydrogens (tertiary/aromatic N) is 1. The van der Waals surface area contributed by atoms with Gasteiger partial charge in [0.05, 0.1) is 6.04 Å². The van der Waals surface area contributed by atoms with Crippen molar-refractivity contribution < 1.29 is 19.1 Å². The van der Waals surface area contributed by atoms with Crippen LogP contribution in [0.25, 0.3) is 0 Å². The maximum Gasteiger partial charge on any atom is 0.287 e. The summed E-state index contributed by atoms with van der Waals surface area (Å²) in [5.41, 5.74) is 0.764. The highest BCUT2D eigenvalue weighted by Gasteiger charge is 2.32. The summed E-state index contributed by atoms with van der Waals surface area (Å²) in [6.07, 6.45) is 0.242. The quantitative estimate of drug-likeness (QED) is 0.816. The van der Waals surface area contributed by atoms with Gasteiger partial charge in [0.25, 0.3) is 5.91 Å². The summed E-state index contributed by atoms with van der Waals surface area (Å²) in [4.78, 5) is 26.4. The molecule has 1 aliphatic heterocycles. The Morgan fingerprint density at radius 1 is 1.33 bits per heavy atom. The fraction of sp³-hybridized carbons (Fsp3) is 0.333. The summed E-state index contributed by atoms with van der Waals surface area (Å²) in [5, 5.41) is 12.4. The van der Waals surface area contributed by atoms with E-state index in [1.54, 1.807) is 24.8 Å². The van der Waals surface area contributed by atoms with E-state index >= 15 is 0 Å². The number of carbonyl (C=O) groups excluding carboxylic acids is 2. The van der Waals surface area contributed by atoms with Gasteiger partial charge in [-0.25, -0.2) is 0 Å². The van der Waals surface area contributed by atoms with Gasteiger partial charge in [0, 0.05) is 18.7 Å². The molecule has 1 fully saturated rings. The molecule has 2 heterocycles. The van der Waals surface area contributed by atoms with Gasteiger partial charge in [0.15, 0.2) is 11.5 Å². The van der Waals surface area contributed by atoms with Gasteiger partial charge >= 0.3 is 0 Å². The third-order valence-electron chi connectivity index (χ3n) is 4.09. The Balaban J connectivity index is 1.64. The normalized spacial score (nSPS) is 16.8. The van der Waals surface area contributed by atoms with Crippen LogP contribution in [0.5, 0.6) is 0 Å². The number of nitrogens with one attached hydrogen (secondary N) is 1. The molecular formula is C21H22N2O4. The number of rotatable bonds is 3. The molecule has 0 radical (unpaired) electrons. The second-order valence-corrected chi connectivity index (χ2v) is 7.19. The lowest BCUT2D eigenvalue weighted by Gasteiger charge is -2.17. The second-order valence-electron chi connectivity index (χ2n) is 7.19. The molecule has 2 N–H and O–H groups in total. The predicted octanol–water partition coefficient (Wildman–Crippen LogP) is 2.25. The van der Waals surface area contributed by atoms with Crippen molar-refractivity contribution >= 4 is 17.5 Å². The van der Waals surface area contributed by atoms with Crippen molar-refractivity contribution in [2.24, 2.45) is 0 Å². The number of aliphatic hydroxyl groups is 1. The zero-order valence-electron chi connectivity index (χ0n) is 15.6. The lowest BCUT2D eigenvalue weighted by molar-refractivity contribution is -0.117. The highest BCUT2D eigenvalue weighted by Crippen LogP contribution is 2.22. The van der Waals surface area contributed by atoms with Crippen molar-refractivity contribution in [3.05, 3.63) is 53.5 Å². The molecule has 1 aromatic carbocycles. The van der Waals surface area contributed by atoms with Gasteiger partial charge in [0.1, 0.15) is 5.60 Å². The molecule has 3 rings (SSSR count). The van der Waals surface area contributed by atoms with Crippen molar-refractivity contribution in [3.8, 4) is 11.8 Å². The third-order valence-corrected chi connectivity index (χ3v) is 4.09. The van der Waals surface area contributed by atoms with E-state index in [-0.39, 0.29) is 24.1 Å². The van der Waals surface area contributed by atoms with Crippen LogP contribution >= 0.6 is 0 Å². The van der Waals surface area contributed by atoms with Crippen LogP contribution in [0.3, 0.4) is 0 Å². The molecule has 2 amide bonds. The molecule has 1 unspecified atom stereocenters. The topological polar surface area (TPSA) is 82.8 Å². The minimum absolute atomic E-state index is 0.0259. The number of anilines is 1. The molecule has 6 heteroatoms. The molecule has 0 saturated carbocycles. The predicted molar refractivity (Wildman–Crippen MR) is 101 cm³/mol. The van der Waals surface area contributed by atoms with E-state index in [4.69, 9.17) is 4.42 Å². The highest BCUT2D eigenvalue weighted by molar-refractivity contribution is 5.98. The first-order valence-corrected chi connectivity index (χ1v) is 8.74. The fourth-order valence-electron chi connectivity index (χ4n) is 2.85. The van der Waals surface area contributed by atoms with Crippen LogP contribution in [0.4, 0.5) is 5.69 Å². The van der Waals surface area contributed by atoms with Crippen molar-refractivity contribution in [1.82, 2.24) is 5.32 Å². The monoisotopic (exact) mass is 366 g/mol. The molecule has 2 aromatic rings. The maximum atomic E-state index is 12.4. The molecule has 27 heavy (non-hydrogen) atoms. The van der Waals surface area contributed by atoms with Crippen molar-refractivity contribution in [1.29, 1.82) is 0 Å². The first-order chi connectivity index (χ1) is 12.7. The van der Waals surface area contributed by atoms with Gasteiger partial charge in [-0.05, 0) is 56.5 Å². The van der Waals surface area contributed by atoms with Gasteiger partial charge in [0.2, 0.25) is 5.91 Å². The number of aryl methyl sites for hydroxylation is 1. The molecule has 1 saturated heterocycles. The smallest absolute Gasteiger partial charge is 0.287 e. The van der Waals surface area contributed by atoms with Gasteiger partial charge in [-0.3, -0.25) is 9.59 Å². The molecular weight excluding hydrogens is 344 g/mol. The minimum atomic E-state index is -1.14. The fourth-order valence-corrected chi connectivity index (χ4v) is 2.85. The van der Waals surface area contributed by atoms with Gasteiger partial charge in [-0.15, -0.1) is 0 Å². The summed E-state index contributed by atoms with van der Waals surface area (Å²) in [5.74, 6) is 5.31. The second kappa shape index (κ2) is 7.29. The SMILES string of the molecule is Cc1cccc(N2CC(NC(=O)c3ccc(C#CC(C)(C)O)o3)CC2=O)c1. The van der Waals surface area contributed by atoms with Crippen LogP contribution in [0, 0.1) is 18.8 Å². The summed E-state index contributed by atoms with van der Waals surface area (Å²) in [6.45, 7) is 5.51. The Hall–Kier alpha value is -3.04. The van der Waals surface area contributed by atoms with Crippen LogP contribution < -0.4 is 10.2 Å². The van der Waals surface area contributed by atoms with Crippen molar-refractivity contribution in [3.63, 3.8) is 0 Å². The average molecular weight is 366 g/mol. The molecule has 0 spiro atoms. The number of hydrogen-bond acceptors (Lipinski definition) is 4. The van der Waals surface area contributed by atoms with E-state index in [1.807, 2.05) is 31.2 Å². The van der Waals surface area contributed by atoms with E-state index in [9.17, 15) is 14.7 Å². The van der Waals surface area contributed by atoms with E-state index < -0.39 is 11.5 Å². The Bertz CT molecular complexity index is 927. The summed E-state index contributed by atoms with van der Waals surface area (Å²) >= 11 is 0. The Labute approximate surface area is 158 Å². The molecule has 1 atom stereocenters. The van der Waals surface area contributed by atoms with Crippen molar-refractivity contribution in [2.45, 2.75) is 38.8 Å². The van der Waals surface area contributed by atoms with E-state index in [1.165, 1.54) is 6.07 Å².